The third kappa shape index (κ3) is 4.13. The second kappa shape index (κ2) is 7.39. The number of methoxy groups -OCH3 is 1. The van der Waals surface area contributed by atoms with Gasteiger partial charge in [0.05, 0.1) is 13.2 Å². The maximum atomic E-state index is 6.18. The molecule has 3 nitrogen and oxygen atoms in total. The molecule has 0 radical (unpaired) electrons. The van der Waals surface area contributed by atoms with E-state index in [1.165, 1.54) is 31.2 Å². The van der Waals surface area contributed by atoms with Crippen molar-refractivity contribution in [2.45, 2.75) is 51.0 Å². The molecule has 1 aromatic carbocycles. The number of rotatable bonds is 5. The van der Waals surface area contributed by atoms with Crippen LogP contribution < -0.4 is 15.2 Å². The van der Waals surface area contributed by atoms with Gasteiger partial charge in [-0.2, -0.15) is 0 Å². The summed E-state index contributed by atoms with van der Waals surface area (Å²) in [5.74, 6) is 1.70. The topological polar surface area (TPSA) is 44.5 Å². The molecule has 19 heavy (non-hydrogen) atoms. The molecular formula is C16H25NO2. The van der Waals surface area contributed by atoms with Gasteiger partial charge in [-0.05, 0) is 56.3 Å². The molecule has 1 aliphatic carbocycles. The minimum Gasteiger partial charge on any atom is -0.493 e. The Morgan fingerprint density at radius 3 is 2.47 bits per heavy atom. The van der Waals surface area contributed by atoms with E-state index in [1.54, 1.807) is 7.11 Å². The van der Waals surface area contributed by atoms with Gasteiger partial charge in [-0.25, -0.2) is 0 Å². The number of nitrogens with two attached hydrogens (primary N) is 1. The Balaban J connectivity index is 2.09. The van der Waals surface area contributed by atoms with Gasteiger partial charge in [-0.1, -0.05) is 18.9 Å². The maximum absolute atomic E-state index is 6.18. The zero-order valence-corrected chi connectivity index (χ0v) is 11.9. The van der Waals surface area contributed by atoms with Crippen molar-refractivity contribution in [3.63, 3.8) is 0 Å². The van der Waals surface area contributed by atoms with Crippen LogP contribution in [0.1, 0.15) is 44.1 Å². The molecule has 2 N–H and O–H groups in total. The van der Waals surface area contributed by atoms with Crippen LogP contribution in [0.3, 0.4) is 0 Å². The van der Waals surface area contributed by atoms with E-state index in [4.69, 9.17) is 15.2 Å². The van der Waals surface area contributed by atoms with Crippen molar-refractivity contribution in [2.75, 3.05) is 13.7 Å². The molecule has 1 aliphatic rings. The van der Waals surface area contributed by atoms with Crippen molar-refractivity contribution in [1.29, 1.82) is 0 Å². The number of ether oxygens (including phenoxy) is 2. The molecular weight excluding hydrogens is 238 g/mol. The number of hydrogen-bond donors (Lipinski definition) is 1. The summed E-state index contributed by atoms with van der Waals surface area (Å²) in [5.41, 5.74) is 6.83. The fourth-order valence-corrected chi connectivity index (χ4v) is 2.67. The van der Waals surface area contributed by atoms with Gasteiger partial charge in [0.2, 0.25) is 0 Å². The first-order valence-electron chi connectivity index (χ1n) is 7.37. The third-order valence-electron chi connectivity index (χ3n) is 3.76. The normalized spacial score (nSPS) is 16.9. The van der Waals surface area contributed by atoms with Crippen molar-refractivity contribution < 1.29 is 9.47 Å². The molecule has 1 fully saturated rings. The minimum absolute atomic E-state index is 0.338. The van der Waals surface area contributed by atoms with Gasteiger partial charge >= 0.3 is 0 Å². The van der Waals surface area contributed by atoms with Crippen LogP contribution in [0.15, 0.2) is 18.2 Å². The zero-order valence-electron chi connectivity index (χ0n) is 11.9. The molecule has 0 atom stereocenters. The predicted octanol–water partition coefficient (Wildman–Crippen LogP) is 3.30. The van der Waals surface area contributed by atoms with Crippen molar-refractivity contribution in [3.8, 4) is 11.5 Å². The summed E-state index contributed by atoms with van der Waals surface area (Å²) in [5, 5.41) is 0. The minimum atomic E-state index is 0.338. The van der Waals surface area contributed by atoms with Gasteiger partial charge in [0, 0.05) is 0 Å². The highest BCUT2D eigenvalue weighted by atomic mass is 16.5. The van der Waals surface area contributed by atoms with Crippen LogP contribution in [0.25, 0.3) is 0 Å². The SMILES string of the molecule is COc1ccc(CCN)cc1OC1CCCCCC1. The van der Waals surface area contributed by atoms with E-state index in [0.29, 0.717) is 12.6 Å². The Hall–Kier alpha value is -1.22. The molecule has 0 aliphatic heterocycles. The third-order valence-corrected chi connectivity index (χ3v) is 3.76. The summed E-state index contributed by atoms with van der Waals surface area (Å²) in [6.45, 7) is 0.662. The van der Waals surface area contributed by atoms with Crippen molar-refractivity contribution in [3.05, 3.63) is 23.8 Å². The number of benzene rings is 1. The summed E-state index contributed by atoms with van der Waals surface area (Å²) in [6.07, 6.45) is 8.75. The van der Waals surface area contributed by atoms with Gasteiger partial charge in [0.25, 0.3) is 0 Å². The van der Waals surface area contributed by atoms with Gasteiger partial charge in [-0.15, -0.1) is 0 Å². The lowest BCUT2D eigenvalue weighted by atomic mass is 10.1. The molecule has 0 bridgehead atoms. The van der Waals surface area contributed by atoms with Crippen molar-refractivity contribution >= 4 is 0 Å². The van der Waals surface area contributed by atoms with E-state index in [0.717, 1.165) is 30.8 Å². The average molecular weight is 263 g/mol. The Morgan fingerprint density at radius 2 is 1.84 bits per heavy atom. The highest BCUT2D eigenvalue weighted by Crippen LogP contribution is 2.31. The molecule has 0 aromatic heterocycles. The van der Waals surface area contributed by atoms with Crippen molar-refractivity contribution in [1.82, 2.24) is 0 Å². The molecule has 0 amide bonds. The van der Waals surface area contributed by atoms with Crippen LogP contribution >= 0.6 is 0 Å². The molecule has 3 heteroatoms. The first-order valence-corrected chi connectivity index (χ1v) is 7.37. The van der Waals surface area contributed by atoms with E-state index in [-0.39, 0.29) is 0 Å². The average Bonchev–Trinajstić information content (AvgIpc) is 2.68. The summed E-state index contributed by atoms with van der Waals surface area (Å²) < 4.78 is 11.6. The van der Waals surface area contributed by atoms with Crippen LogP contribution in [-0.2, 0) is 6.42 Å². The van der Waals surface area contributed by atoms with E-state index >= 15 is 0 Å². The molecule has 0 heterocycles. The molecule has 0 unspecified atom stereocenters. The Labute approximate surface area is 116 Å². The zero-order chi connectivity index (χ0) is 13.5. The molecule has 1 saturated carbocycles. The standard InChI is InChI=1S/C16H25NO2/c1-18-15-9-8-13(10-11-17)12-16(15)19-14-6-4-2-3-5-7-14/h8-9,12,14H,2-7,10-11,17H2,1H3. The first kappa shape index (κ1) is 14.2. The number of hydrogen-bond acceptors (Lipinski definition) is 3. The van der Waals surface area contributed by atoms with Gasteiger partial charge in [0.15, 0.2) is 11.5 Å². The van der Waals surface area contributed by atoms with Crippen LogP contribution in [0.2, 0.25) is 0 Å². The Bertz CT molecular complexity index is 384. The van der Waals surface area contributed by atoms with Crippen molar-refractivity contribution in [2.24, 2.45) is 5.73 Å². The van der Waals surface area contributed by atoms with Crippen LogP contribution in [0.4, 0.5) is 0 Å². The molecule has 0 saturated heterocycles. The molecule has 0 spiro atoms. The quantitative estimate of drug-likeness (QED) is 0.829. The summed E-state index contributed by atoms with van der Waals surface area (Å²) in [4.78, 5) is 0. The summed E-state index contributed by atoms with van der Waals surface area (Å²) >= 11 is 0. The van der Waals surface area contributed by atoms with E-state index in [2.05, 4.69) is 12.1 Å². The second-order valence-electron chi connectivity index (χ2n) is 5.26. The summed E-state index contributed by atoms with van der Waals surface area (Å²) in [6, 6.07) is 6.12. The lowest BCUT2D eigenvalue weighted by molar-refractivity contribution is 0.176. The fourth-order valence-electron chi connectivity index (χ4n) is 2.67. The van der Waals surface area contributed by atoms with E-state index in [1.807, 2.05) is 6.07 Å². The predicted molar refractivity (Wildman–Crippen MR) is 77.9 cm³/mol. The maximum Gasteiger partial charge on any atom is 0.161 e. The van der Waals surface area contributed by atoms with Gasteiger partial charge in [0.1, 0.15) is 0 Å². The summed E-state index contributed by atoms with van der Waals surface area (Å²) in [7, 11) is 1.69. The van der Waals surface area contributed by atoms with Crippen LogP contribution in [0, 0.1) is 0 Å². The van der Waals surface area contributed by atoms with Crippen LogP contribution in [0.5, 0.6) is 11.5 Å². The Morgan fingerprint density at radius 1 is 1.11 bits per heavy atom. The first-order chi connectivity index (χ1) is 9.33. The lowest BCUT2D eigenvalue weighted by Gasteiger charge is -2.19. The van der Waals surface area contributed by atoms with E-state index in [9.17, 15) is 0 Å². The Kier molecular flexibility index (Phi) is 5.52. The molecule has 2 rings (SSSR count). The van der Waals surface area contributed by atoms with Gasteiger partial charge < -0.3 is 15.2 Å². The lowest BCUT2D eigenvalue weighted by Crippen LogP contribution is -2.15. The monoisotopic (exact) mass is 263 g/mol. The smallest absolute Gasteiger partial charge is 0.161 e. The van der Waals surface area contributed by atoms with E-state index < -0.39 is 0 Å². The van der Waals surface area contributed by atoms with Crippen LogP contribution in [-0.4, -0.2) is 19.8 Å². The second-order valence-corrected chi connectivity index (χ2v) is 5.26. The molecule has 1 aromatic rings. The largest absolute Gasteiger partial charge is 0.493 e. The fraction of sp³-hybridized carbons (Fsp3) is 0.625. The highest BCUT2D eigenvalue weighted by molar-refractivity contribution is 5.43. The van der Waals surface area contributed by atoms with Gasteiger partial charge in [-0.3, -0.25) is 0 Å². The highest BCUT2D eigenvalue weighted by Gasteiger charge is 2.16. The molecule has 106 valence electrons.